The number of anilines is 2. The lowest BCUT2D eigenvalue weighted by Crippen LogP contribution is -2.26. The molecule has 1 amide bonds. The number of carbonyl (C=O) groups is 1. The fourth-order valence-corrected chi connectivity index (χ4v) is 2.67. The van der Waals surface area contributed by atoms with Gasteiger partial charge in [0.2, 0.25) is 5.91 Å². The van der Waals surface area contributed by atoms with Gasteiger partial charge in [-0.1, -0.05) is 28.4 Å². The number of nitrogens with zero attached hydrogens (tertiary/aromatic N) is 1. The van der Waals surface area contributed by atoms with E-state index in [2.05, 4.69) is 15.8 Å². The van der Waals surface area contributed by atoms with E-state index in [0.29, 0.717) is 28.0 Å². The minimum atomic E-state index is -0.553. The summed E-state index contributed by atoms with van der Waals surface area (Å²) in [5.74, 6) is -0.261. The molecule has 2 N–H and O–H groups in total. The van der Waals surface area contributed by atoms with Crippen LogP contribution >= 0.6 is 23.2 Å². The van der Waals surface area contributed by atoms with Crippen molar-refractivity contribution in [3.63, 3.8) is 0 Å². The molecule has 0 saturated carbocycles. The molecule has 3 rings (SSSR count). The molecule has 3 aromatic rings. The maximum absolute atomic E-state index is 12.8. The molecule has 0 bridgehead atoms. The Morgan fingerprint density at radius 1 is 1.04 bits per heavy atom. The van der Waals surface area contributed by atoms with Gasteiger partial charge in [0, 0.05) is 34.0 Å². The molecule has 1 atom stereocenters. The minimum Gasteiger partial charge on any atom is -0.384 e. The van der Waals surface area contributed by atoms with Gasteiger partial charge >= 0.3 is 0 Å². The summed E-state index contributed by atoms with van der Waals surface area (Å²) in [6.45, 7) is 2.16. The molecule has 0 saturated heterocycles. The van der Waals surface area contributed by atoms with E-state index < -0.39 is 5.92 Å². The summed E-state index contributed by atoms with van der Waals surface area (Å²) in [4.78, 5) is 12.8. The number of hydrogen-bond acceptors (Lipinski definition) is 4. The summed E-state index contributed by atoms with van der Waals surface area (Å²) in [6, 6.07) is 16.0. The zero-order valence-corrected chi connectivity index (χ0v) is 15.5. The van der Waals surface area contributed by atoms with Gasteiger partial charge in [-0.2, -0.15) is 0 Å². The molecule has 0 aliphatic heterocycles. The summed E-state index contributed by atoms with van der Waals surface area (Å²) < 4.78 is 5.32. The highest BCUT2D eigenvalue weighted by atomic mass is 35.5. The molecule has 0 spiro atoms. The lowest BCUT2D eigenvalue weighted by Gasteiger charge is -2.16. The molecule has 7 heteroatoms. The van der Waals surface area contributed by atoms with Crippen LogP contribution in [0.4, 0.5) is 11.4 Å². The normalized spacial score (nSPS) is 11.8. The summed E-state index contributed by atoms with van der Waals surface area (Å²) in [7, 11) is 0. The highest BCUT2D eigenvalue weighted by Crippen LogP contribution is 2.22. The lowest BCUT2D eigenvalue weighted by molar-refractivity contribution is -0.117. The fraction of sp³-hybridized carbons (Fsp3) is 0.158. The SMILES string of the molecule is Cc1cc(C(CNc2ccc(Cl)cc2)C(=O)Nc2ccc(Cl)cc2)on1. The van der Waals surface area contributed by atoms with Crippen LogP contribution < -0.4 is 10.6 Å². The van der Waals surface area contributed by atoms with E-state index in [1.54, 1.807) is 42.5 Å². The molecule has 1 heterocycles. The number of carbonyl (C=O) groups excluding carboxylic acids is 1. The molecule has 26 heavy (non-hydrogen) atoms. The van der Waals surface area contributed by atoms with Crippen molar-refractivity contribution in [2.24, 2.45) is 0 Å². The van der Waals surface area contributed by atoms with Crippen LogP contribution in [0.1, 0.15) is 17.4 Å². The molecule has 5 nitrogen and oxygen atoms in total. The van der Waals surface area contributed by atoms with Crippen molar-refractivity contribution < 1.29 is 9.32 Å². The van der Waals surface area contributed by atoms with E-state index in [0.717, 1.165) is 11.4 Å². The average Bonchev–Trinajstić information content (AvgIpc) is 3.05. The van der Waals surface area contributed by atoms with Gasteiger partial charge < -0.3 is 15.2 Å². The first kappa shape index (κ1) is 18.3. The quantitative estimate of drug-likeness (QED) is 0.613. The number of aryl methyl sites for hydroxylation is 1. The fourth-order valence-electron chi connectivity index (χ4n) is 2.42. The molecule has 2 aromatic carbocycles. The van der Waals surface area contributed by atoms with Crippen molar-refractivity contribution in [2.45, 2.75) is 12.8 Å². The number of amides is 1. The summed E-state index contributed by atoms with van der Waals surface area (Å²) >= 11 is 11.8. The van der Waals surface area contributed by atoms with Crippen molar-refractivity contribution >= 4 is 40.5 Å². The van der Waals surface area contributed by atoms with E-state index in [4.69, 9.17) is 27.7 Å². The Labute approximate surface area is 161 Å². The third kappa shape index (κ3) is 4.77. The van der Waals surface area contributed by atoms with Gasteiger partial charge in [0.15, 0.2) is 5.76 Å². The summed E-state index contributed by atoms with van der Waals surface area (Å²) in [5.41, 5.74) is 2.23. The predicted octanol–water partition coefficient (Wildman–Crippen LogP) is 5.12. The molecular weight excluding hydrogens is 373 g/mol. The minimum absolute atomic E-state index is 0.204. The first-order valence-electron chi connectivity index (χ1n) is 8.00. The number of nitrogens with one attached hydrogen (secondary N) is 2. The first-order chi connectivity index (χ1) is 12.5. The third-order valence-electron chi connectivity index (χ3n) is 3.77. The standard InChI is InChI=1S/C19H17Cl2N3O2/c1-12-10-18(26-24-12)17(11-22-15-6-2-13(20)3-7-15)19(25)23-16-8-4-14(21)5-9-16/h2-10,17,22H,11H2,1H3,(H,23,25). The Morgan fingerprint density at radius 3 is 2.15 bits per heavy atom. The second-order valence-electron chi connectivity index (χ2n) is 5.81. The maximum Gasteiger partial charge on any atom is 0.237 e. The van der Waals surface area contributed by atoms with Crippen LogP contribution in [0.3, 0.4) is 0 Å². The maximum atomic E-state index is 12.8. The van der Waals surface area contributed by atoms with Crippen molar-refractivity contribution in [3.05, 3.63) is 76.1 Å². The molecule has 134 valence electrons. The van der Waals surface area contributed by atoms with Crippen LogP contribution in [0.2, 0.25) is 10.0 Å². The van der Waals surface area contributed by atoms with Crippen molar-refractivity contribution in [2.75, 3.05) is 17.2 Å². The summed E-state index contributed by atoms with van der Waals surface area (Å²) in [5, 5.41) is 11.2. The van der Waals surface area contributed by atoms with Gasteiger partial charge in [0.25, 0.3) is 0 Å². The number of rotatable bonds is 6. The van der Waals surface area contributed by atoms with Gasteiger partial charge in [-0.3, -0.25) is 4.79 Å². The van der Waals surface area contributed by atoms with E-state index in [-0.39, 0.29) is 5.91 Å². The Balaban J connectivity index is 1.75. The van der Waals surface area contributed by atoms with E-state index in [1.807, 2.05) is 19.1 Å². The van der Waals surface area contributed by atoms with Crippen LogP contribution in [-0.2, 0) is 4.79 Å². The van der Waals surface area contributed by atoms with Gasteiger partial charge in [-0.15, -0.1) is 0 Å². The zero-order valence-electron chi connectivity index (χ0n) is 14.0. The van der Waals surface area contributed by atoms with Gasteiger partial charge in [0.1, 0.15) is 5.92 Å². The predicted molar refractivity (Wildman–Crippen MR) is 104 cm³/mol. The molecular formula is C19H17Cl2N3O2. The first-order valence-corrected chi connectivity index (χ1v) is 8.76. The van der Waals surface area contributed by atoms with Gasteiger partial charge in [0.05, 0.1) is 5.69 Å². The Kier molecular flexibility index (Phi) is 5.81. The molecule has 0 aliphatic carbocycles. The smallest absolute Gasteiger partial charge is 0.237 e. The number of halogens is 2. The van der Waals surface area contributed by atoms with Crippen molar-refractivity contribution in [3.8, 4) is 0 Å². The molecule has 0 radical (unpaired) electrons. The van der Waals surface area contributed by atoms with E-state index in [1.165, 1.54) is 0 Å². The highest BCUT2D eigenvalue weighted by Gasteiger charge is 2.25. The summed E-state index contributed by atoms with van der Waals surface area (Å²) in [6.07, 6.45) is 0. The van der Waals surface area contributed by atoms with E-state index >= 15 is 0 Å². The molecule has 0 aliphatic rings. The zero-order chi connectivity index (χ0) is 18.5. The Morgan fingerprint density at radius 2 is 1.62 bits per heavy atom. The van der Waals surface area contributed by atoms with Crippen LogP contribution in [-0.4, -0.2) is 17.6 Å². The second-order valence-corrected chi connectivity index (χ2v) is 6.68. The van der Waals surface area contributed by atoms with Crippen LogP contribution in [0.5, 0.6) is 0 Å². The molecule has 0 fully saturated rings. The van der Waals surface area contributed by atoms with Gasteiger partial charge in [-0.05, 0) is 55.5 Å². The number of hydrogen-bond donors (Lipinski definition) is 2. The second kappa shape index (κ2) is 8.25. The lowest BCUT2D eigenvalue weighted by atomic mass is 10.0. The topological polar surface area (TPSA) is 67.2 Å². The monoisotopic (exact) mass is 389 g/mol. The largest absolute Gasteiger partial charge is 0.384 e. The van der Waals surface area contributed by atoms with Crippen LogP contribution in [0.25, 0.3) is 0 Å². The van der Waals surface area contributed by atoms with Crippen molar-refractivity contribution in [1.29, 1.82) is 0 Å². The van der Waals surface area contributed by atoms with Gasteiger partial charge in [-0.25, -0.2) is 0 Å². The Bertz CT molecular complexity index is 877. The number of benzene rings is 2. The van der Waals surface area contributed by atoms with Crippen LogP contribution in [0, 0.1) is 6.92 Å². The molecule has 1 unspecified atom stereocenters. The molecule has 1 aromatic heterocycles. The van der Waals surface area contributed by atoms with Crippen molar-refractivity contribution in [1.82, 2.24) is 5.16 Å². The van der Waals surface area contributed by atoms with E-state index in [9.17, 15) is 4.79 Å². The average molecular weight is 390 g/mol. The van der Waals surface area contributed by atoms with Crippen LogP contribution in [0.15, 0.2) is 59.1 Å². The number of aromatic nitrogens is 1. The third-order valence-corrected chi connectivity index (χ3v) is 4.28. The highest BCUT2D eigenvalue weighted by molar-refractivity contribution is 6.30. The Hall–Kier alpha value is -2.50.